The molecule has 1 fully saturated rings. The second kappa shape index (κ2) is 5.26. The predicted molar refractivity (Wildman–Crippen MR) is 69.1 cm³/mol. The summed E-state index contributed by atoms with van der Waals surface area (Å²) in [7, 11) is 0. The summed E-state index contributed by atoms with van der Waals surface area (Å²) in [6.07, 6.45) is -0.932. The second-order valence-electron chi connectivity index (χ2n) is 4.50. The smallest absolute Gasteiger partial charge is 0.407 e. The zero-order chi connectivity index (χ0) is 13.9. The van der Waals surface area contributed by atoms with Crippen LogP contribution in [0.25, 0.3) is 0 Å². The van der Waals surface area contributed by atoms with Gasteiger partial charge in [-0.2, -0.15) is 5.26 Å². The molecular weight excluding hydrogens is 244 g/mol. The summed E-state index contributed by atoms with van der Waals surface area (Å²) in [6, 6.07) is 11.3. The molecule has 1 aromatic rings. The van der Waals surface area contributed by atoms with E-state index in [1.54, 1.807) is 0 Å². The lowest BCUT2D eigenvalue weighted by Gasteiger charge is -2.41. The summed E-state index contributed by atoms with van der Waals surface area (Å²) in [5.41, 5.74) is 5.73. The average Bonchev–Trinajstić information content (AvgIpc) is 2.47. The van der Waals surface area contributed by atoms with Crippen molar-refractivity contribution in [3.63, 3.8) is 0 Å². The predicted octanol–water partition coefficient (Wildman–Crippen LogP) is 0.617. The molecule has 2 rings (SSSR count). The van der Waals surface area contributed by atoms with Gasteiger partial charge in [0.2, 0.25) is 0 Å². The Morgan fingerprint density at radius 2 is 1.84 bits per heavy atom. The first-order chi connectivity index (χ1) is 9.08. The highest BCUT2D eigenvalue weighted by Gasteiger charge is 2.37. The van der Waals surface area contributed by atoms with E-state index in [0.717, 1.165) is 5.56 Å². The van der Waals surface area contributed by atoms with Gasteiger partial charge in [-0.05, 0) is 0 Å². The number of nitrogens with zero attached hydrogens (tertiary/aromatic N) is 3. The average molecular weight is 260 g/mol. The minimum Gasteiger partial charge on any atom is -0.465 e. The molecule has 0 aliphatic carbocycles. The van der Waals surface area contributed by atoms with Crippen molar-refractivity contribution < 1.29 is 9.90 Å². The number of rotatable bonds is 2. The Morgan fingerprint density at radius 1 is 1.26 bits per heavy atom. The van der Waals surface area contributed by atoms with Gasteiger partial charge in [0.1, 0.15) is 6.07 Å². The lowest BCUT2D eigenvalue weighted by atomic mass is 9.99. The van der Waals surface area contributed by atoms with Crippen molar-refractivity contribution in [1.29, 1.82) is 5.26 Å². The third kappa shape index (κ3) is 2.52. The molecule has 0 spiro atoms. The zero-order valence-corrected chi connectivity index (χ0v) is 10.5. The maximum absolute atomic E-state index is 10.9. The minimum atomic E-state index is -1.20. The monoisotopic (exact) mass is 260 g/mol. The Kier molecular flexibility index (Phi) is 3.69. The van der Waals surface area contributed by atoms with Crippen LogP contribution in [0.5, 0.6) is 0 Å². The fourth-order valence-corrected chi connectivity index (χ4v) is 2.26. The maximum atomic E-state index is 10.9. The fourth-order valence-electron chi connectivity index (χ4n) is 2.26. The van der Waals surface area contributed by atoms with Crippen molar-refractivity contribution in [2.24, 2.45) is 5.73 Å². The molecule has 0 bridgehead atoms. The summed E-state index contributed by atoms with van der Waals surface area (Å²) in [6.45, 7) is 1.63. The van der Waals surface area contributed by atoms with Gasteiger partial charge in [0.05, 0.1) is 0 Å². The standard InChI is InChI=1S/C13H16N4O2/c14-10-13(15,11-4-2-1-3-5-11)17-8-6-16(7-9-17)12(18)19/h1-5H,6-9,15H2,(H,18,19). The first-order valence-electron chi connectivity index (χ1n) is 6.06. The van der Waals surface area contributed by atoms with E-state index in [9.17, 15) is 10.1 Å². The van der Waals surface area contributed by atoms with Gasteiger partial charge in [-0.15, -0.1) is 0 Å². The van der Waals surface area contributed by atoms with Gasteiger partial charge in [0.25, 0.3) is 0 Å². The van der Waals surface area contributed by atoms with Crippen molar-refractivity contribution in [3.05, 3.63) is 35.9 Å². The van der Waals surface area contributed by atoms with Crippen LogP contribution >= 0.6 is 0 Å². The molecule has 1 aromatic carbocycles. The van der Waals surface area contributed by atoms with Gasteiger partial charge >= 0.3 is 6.09 Å². The number of piperazine rings is 1. The van der Waals surface area contributed by atoms with E-state index in [-0.39, 0.29) is 0 Å². The fraction of sp³-hybridized carbons (Fsp3) is 0.385. The number of hydrogen-bond acceptors (Lipinski definition) is 4. The van der Waals surface area contributed by atoms with Gasteiger partial charge in [-0.1, -0.05) is 30.3 Å². The van der Waals surface area contributed by atoms with Crippen LogP contribution < -0.4 is 5.73 Å². The summed E-state index contributed by atoms with van der Waals surface area (Å²) < 4.78 is 0. The third-order valence-electron chi connectivity index (χ3n) is 3.43. The number of benzene rings is 1. The Labute approximate surface area is 111 Å². The Balaban J connectivity index is 2.16. The Bertz CT molecular complexity index is 491. The lowest BCUT2D eigenvalue weighted by Crippen LogP contribution is -2.59. The van der Waals surface area contributed by atoms with E-state index in [2.05, 4.69) is 6.07 Å². The number of nitrogens with two attached hydrogens (primary N) is 1. The van der Waals surface area contributed by atoms with Crippen LogP contribution in [-0.4, -0.2) is 47.2 Å². The lowest BCUT2D eigenvalue weighted by molar-refractivity contribution is 0.0613. The highest BCUT2D eigenvalue weighted by atomic mass is 16.4. The molecule has 1 atom stereocenters. The number of nitriles is 1. The highest BCUT2D eigenvalue weighted by Crippen LogP contribution is 2.23. The van der Waals surface area contributed by atoms with Crippen molar-refractivity contribution >= 4 is 6.09 Å². The molecule has 0 aromatic heterocycles. The van der Waals surface area contributed by atoms with E-state index in [0.29, 0.717) is 26.2 Å². The number of hydrogen-bond donors (Lipinski definition) is 2. The SMILES string of the molecule is N#CC(N)(c1ccccc1)N1CCN(C(=O)O)CC1. The van der Waals surface area contributed by atoms with Crippen LogP contribution in [0.3, 0.4) is 0 Å². The van der Waals surface area contributed by atoms with Crippen LogP contribution in [-0.2, 0) is 5.66 Å². The van der Waals surface area contributed by atoms with Gasteiger partial charge in [-0.3, -0.25) is 10.6 Å². The van der Waals surface area contributed by atoms with Crippen molar-refractivity contribution in [1.82, 2.24) is 9.80 Å². The number of carboxylic acid groups (broad SMARTS) is 1. The molecule has 0 radical (unpaired) electrons. The quantitative estimate of drug-likeness (QED) is 0.813. The molecule has 1 unspecified atom stereocenters. The molecule has 3 N–H and O–H groups in total. The normalized spacial score (nSPS) is 19.5. The molecule has 100 valence electrons. The summed E-state index contributed by atoms with van der Waals surface area (Å²) >= 11 is 0. The van der Waals surface area contributed by atoms with E-state index < -0.39 is 11.8 Å². The zero-order valence-electron chi connectivity index (χ0n) is 10.5. The van der Waals surface area contributed by atoms with Gasteiger partial charge in [-0.25, -0.2) is 4.79 Å². The molecule has 6 heteroatoms. The van der Waals surface area contributed by atoms with E-state index in [4.69, 9.17) is 10.8 Å². The third-order valence-corrected chi connectivity index (χ3v) is 3.43. The van der Waals surface area contributed by atoms with Crippen LogP contribution in [0.15, 0.2) is 30.3 Å². The first kappa shape index (κ1) is 13.3. The summed E-state index contributed by atoms with van der Waals surface area (Å²) in [5, 5.41) is 18.3. The molecular formula is C13H16N4O2. The molecule has 1 aliphatic heterocycles. The van der Waals surface area contributed by atoms with Crippen molar-refractivity contribution in [3.8, 4) is 6.07 Å². The molecule has 1 heterocycles. The molecule has 1 saturated heterocycles. The largest absolute Gasteiger partial charge is 0.465 e. The maximum Gasteiger partial charge on any atom is 0.407 e. The molecule has 6 nitrogen and oxygen atoms in total. The van der Waals surface area contributed by atoms with E-state index >= 15 is 0 Å². The highest BCUT2D eigenvalue weighted by molar-refractivity contribution is 5.65. The van der Waals surface area contributed by atoms with Gasteiger partial charge in [0.15, 0.2) is 5.66 Å². The van der Waals surface area contributed by atoms with Gasteiger partial charge < -0.3 is 10.0 Å². The minimum absolute atomic E-state index is 0.364. The van der Waals surface area contributed by atoms with Crippen LogP contribution in [0.2, 0.25) is 0 Å². The molecule has 1 amide bonds. The van der Waals surface area contributed by atoms with Gasteiger partial charge in [0, 0.05) is 31.7 Å². The van der Waals surface area contributed by atoms with Crippen LogP contribution in [0.1, 0.15) is 5.56 Å². The number of carbonyl (C=O) groups is 1. The Morgan fingerprint density at radius 3 is 2.32 bits per heavy atom. The van der Waals surface area contributed by atoms with E-state index in [1.165, 1.54) is 4.90 Å². The Hall–Kier alpha value is -2.10. The molecule has 0 saturated carbocycles. The second-order valence-corrected chi connectivity index (χ2v) is 4.50. The summed E-state index contributed by atoms with van der Waals surface area (Å²) in [5.74, 6) is 0. The van der Waals surface area contributed by atoms with Crippen molar-refractivity contribution in [2.45, 2.75) is 5.66 Å². The number of amides is 1. The van der Waals surface area contributed by atoms with Crippen LogP contribution in [0.4, 0.5) is 4.79 Å². The first-order valence-corrected chi connectivity index (χ1v) is 6.06. The topological polar surface area (TPSA) is 93.6 Å². The molecule has 1 aliphatic rings. The van der Waals surface area contributed by atoms with Crippen molar-refractivity contribution in [2.75, 3.05) is 26.2 Å². The molecule has 19 heavy (non-hydrogen) atoms. The van der Waals surface area contributed by atoms with Crippen LogP contribution in [0, 0.1) is 11.3 Å². The van der Waals surface area contributed by atoms with E-state index in [1.807, 2.05) is 35.2 Å². The summed E-state index contributed by atoms with van der Waals surface area (Å²) in [4.78, 5) is 14.0.